The van der Waals surface area contributed by atoms with Crippen LogP contribution in [0.3, 0.4) is 0 Å². The van der Waals surface area contributed by atoms with Crippen molar-refractivity contribution in [3.63, 3.8) is 0 Å². The Morgan fingerprint density at radius 1 is 0.950 bits per heavy atom. The number of nitrogens with one attached hydrogen (secondary N) is 1. The molecule has 214 valence electrons. The summed E-state index contributed by atoms with van der Waals surface area (Å²) in [6.07, 6.45) is 1.72. The maximum absolute atomic E-state index is 14.7. The van der Waals surface area contributed by atoms with Gasteiger partial charge >= 0.3 is 0 Å². The Kier molecular flexibility index (Phi) is 11.0. The van der Waals surface area contributed by atoms with Gasteiger partial charge in [-0.2, -0.15) is 0 Å². The van der Waals surface area contributed by atoms with Gasteiger partial charge in [-0.3, -0.25) is 13.9 Å². The number of anilines is 1. The summed E-state index contributed by atoms with van der Waals surface area (Å²) in [6, 6.07) is 18.1. The molecule has 2 amide bonds. The number of carbonyl (C=O) groups is 2. The van der Waals surface area contributed by atoms with Gasteiger partial charge in [-0.25, -0.2) is 12.8 Å². The van der Waals surface area contributed by atoms with Gasteiger partial charge in [0, 0.05) is 19.0 Å². The Bertz CT molecular complexity index is 1440. The molecule has 0 bridgehead atoms. The molecule has 0 saturated heterocycles. The topological polar surface area (TPSA) is 86.8 Å². The van der Waals surface area contributed by atoms with Crippen LogP contribution in [0.2, 0.25) is 10.0 Å². The van der Waals surface area contributed by atoms with Crippen LogP contribution in [-0.2, 0) is 32.6 Å². The number of halogens is 3. The molecule has 0 radical (unpaired) electrons. The predicted octanol–water partition coefficient (Wildman–Crippen LogP) is 5.45. The average molecular weight is 609 g/mol. The average Bonchev–Trinajstić information content (AvgIpc) is 2.91. The zero-order valence-electron chi connectivity index (χ0n) is 22.5. The molecule has 0 fully saturated rings. The monoisotopic (exact) mass is 607 g/mol. The Morgan fingerprint density at radius 3 is 2.20 bits per heavy atom. The lowest BCUT2D eigenvalue weighted by Crippen LogP contribution is -2.54. The van der Waals surface area contributed by atoms with Crippen LogP contribution in [0, 0.1) is 5.82 Å². The normalized spacial score (nSPS) is 12.8. The lowest BCUT2D eigenvalue weighted by atomic mass is 10.0. The van der Waals surface area contributed by atoms with E-state index in [0.717, 1.165) is 17.9 Å². The van der Waals surface area contributed by atoms with Crippen molar-refractivity contribution in [3.05, 3.63) is 99.8 Å². The van der Waals surface area contributed by atoms with Gasteiger partial charge in [-0.1, -0.05) is 78.7 Å². The van der Waals surface area contributed by atoms with Crippen molar-refractivity contribution < 1.29 is 22.4 Å². The van der Waals surface area contributed by atoms with Crippen molar-refractivity contribution in [1.29, 1.82) is 0 Å². The highest BCUT2D eigenvalue weighted by molar-refractivity contribution is 7.92. The first kappa shape index (κ1) is 31.4. The molecule has 7 nitrogen and oxygen atoms in total. The molecule has 0 aromatic heterocycles. The van der Waals surface area contributed by atoms with Gasteiger partial charge in [-0.05, 0) is 48.7 Å². The number of sulfonamides is 1. The van der Waals surface area contributed by atoms with Gasteiger partial charge < -0.3 is 10.2 Å². The number of amides is 2. The summed E-state index contributed by atoms with van der Waals surface area (Å²) >= 11 is 12.3. The van der Waals surface area contributed by atoms with Crippen molar-refractivity contribution in [1.82, 2.24) is 10.2 Å². The van der Waals surface area contributed by atoms with Crippen LogP contribution in [0.5, 0.6) is 0 Å². The minimum atomic E-state index is -4.08. The lowest BCUT2D eigenvalue weighted by Gasteiger charge is -2.34. The minimum absolute atomic E-state index is 0.0734. The van der Waals surface area contributed by atoms with E-state index in [-0.39, 0.29) is 29.7 Å². The molecule has 3 aromatic carbocycles. The smallest absolute Gasteiger partial charge is 0.244 e. The number of hydrogen-bond donors (Lipinski definition) is 1. The van der Waals surface area contributed by atoms with Crippen molar-refractivity contribution in [2.24, 2.45) is 0 Å². The van der Waals surface area contributed by atoms with Crippen molar-refractivity contribution in [2.45, 2.75) is 45.3 Å². The van der Waals surface area contributed by atoms with Gasteiger partial charge in [0.25, 0.3) is 0 Å². The van der Waals surface area contributed by atoms with Gasteiger partial charge in [-0.15, -0.1) is 0 Å². The fraction of sp³-hybridized carbons (Fsp3) is 0.310. The summed E-state index contributed by atoms with van der Waals surface area (Å²) in [5, 5.41) is 3.53. The van der Waals surface area contributed by atoms with E-state index in [4.69, 9.17) is 23.2 Å². The van der Waals surface area contributed by atoms with E-state index in [1.54, 1.807) is 18.2 Å². The molecule has 11 heteroatoms. The molecule has 0 aliphatic rings. The van der Waals surface area contributed by atoms with E-state index in [9.17, 15) is 22.4 Å². The van der Waals surface area contributed by atoms with Crippen LogP contribution in [-0.4, -0.2) is 50.0 Å². The Balaban J connectivity index is 2.09. The van der Waals surface area contributed by atoms with E-state index in [0.29, 0.717) is 21.3 Å². The predicted molar refractivity (Wildman–Crippen MR) is 157 cm³/mol. The second kappa shape index (κ2) is 14.0. The van der Waals surface area contributed by atoms with Crippen LogP contribution in [0.15, 0.2) is 72.8 Å². The van der Waals surface area contributed by atoms with Gasteiger partial charge in [0.15, 0.2) is 0 Å². The van der Waals surface area contributed by atoms with Crippen molar-refractivity contribution in [2.75, 3.05) is 17.1 Å². The highest BCUT2D eigenvalue weighted by Crippen LogP contribution is 2.26. The Labute approximate surface area is 244 Å². The van der Waals surface area contributed by atoms with Crippen LogP contribution in [0.25, 0.3) is 0 Å². The Morgan fingerprint density at radius 2 is 1.60 bits per heavy atom. The first-order valence-electron chi connectivity index (χ1n) is 12.7. The summed E-state index contributed by atoms with van der Waals surface area (Å²) < 4.78 is 40.9. The molecule has 0 heterocycles. The fourth-order valence-electron chi connectivity index (χ4n) is 4.08. The third kappa shape index (κ3) is 8.43. The molecular formula is C29H32Cl2FN3O4S. The Hall–Kier alpha value is -3.14. The standard InChI is InChI=1S/C29H32Cl2FN3O4S/c1-4-20(2)33-29(37)27(17-21-10-6-5-7-11-21)34(18-22-14-15-23(30)24(31)16-22)28(36)19-35(40(3,38)39)26-13-9-8-12-25(26)32/h5-16,20,27H,4,17-19H2,1-3H3,(H,33,37)/t20-,27-/m0/s1. The molecule has 3 aromatic rings. The van der Waals surface area contributed by atoms with Crippen molar-refractivity contribution in [3.8, 4) is 0 Å². The third-order valence-corrected chi connectivity index (χ3v) is 8.27. The number of rotatable bonds is 12. The summed E-state index contributed by atoms with van der Waals surface area (Å²) in [6.45, 7) is 2.99. The van der Waals surface area contributed by atoms with Gasteiger partial charge in [0.1, 0.15) is 18.4 Å². The molecule has 0 aliphatic heterocycles. The molecule has 1 N–H and O–H groups in total. The molecule has 0 unspecified atom stereocenters. The number of hydrogen-bond acceptors (Lipinski definition) is 4. The van der Waals surface area contributed by atoms with Gasteiger partial charge in [0.05, 0.1) is 22.0 Å². The maximum atomic E-state index is 14.7. The van der Waals surface area contributed by atoms with E-state index in [1.165, 1.54) is 23.1 Å². The molecule has 0 spiro atoms. The molecule has 2 atom stereocenters. The molecule has 40 heavy (non-hydrogen) atoms. The zero-order chi connectivity index (χ0) is 29.4. The third-order valence-electron chi connectivity index (χ3n) is 6.41. The van der Waals surface area contributed by atoms with Crippen LogP contribution >= 0.6 is 23.2 Å². The highest BCUT2D eigenvalue weighted by Gasteiger charge is 2.34. The van der Waals surface area contributed by atoms with E-state index < -0.39 is 40.2 Å². The quantitative estimate of drug-likeness (QED) is 0.296. The molecule has 0 saturated carbocycles. The first-order valence-corrected chi connectivity index (χ1v) is 15.3. The number of nitrogens with zero attached hydrogens (tertiary/aromatic N) is 2. The fourth-order valence-corrected chi connectivity index (χ4v) is 5.25. The lowest BCUT2D eigenvalue weighted by molar-refractivity contribution is -0.140. The second-order valence-corrected chi connectivity index (χ2v) is 12.2. The number of benzene rings is 3. The largest absolute Gasteiger partial charge is 0.352 e. The second-order valence-electron chi connectivity index (χ2n) is 9.51. The van der Waals surface area contributed by atoms with Crippen LogP contribution in [0.4, 0.5) is 10.1 Å². The molecular weight excluding hydrogens is 576 g/mol. The van der Waals surface area contributed by atoms with Crippen LogP contribution in [0.1, 0.15) is 31.4 Å². The molecule has 3 rings (SSSR count). The summed E-state index contributed by atoms with van der Waals surface area (Å²) in [5.74, 6) is -1.89. The summed E-state index contributed by atoms with van der Waals surface area (Å²) in [4.78, 5) is 28.9. The van der Waals surface area contributed by atoms with Crippen LogP contribution < -0.4 is 9.62 Å². The first-order chi connectivity index (χ1) is 18.9. The van der Waals surface area contributed by atoms with Gasteiger partial charge in [0.2, 0.25) is 21.8 Å². The van der Waals surface area contributed by atoms with Crippen molar-refractivity contribution >= 4 is 50.7 Å². The minimum Gasteiger partial charge on any atom is -0.352 e. The number of para-hydroxylation sites is 1. The summed E-state index contributed by atoms with van der Waals surface area (Å²) in [5.41, 5.74) is 1.11. The SMILES string of the molecule is CC[C@H](C)NC(=O)[C@H](Cc1ccccc1)N(Cc1ccc(Cl)c(Cl)c1)C(=O)CN(c1ccccc1F)S(C)(=O)=O. The summed E-state index contributed by atoms with van der Waals surface area (Å²) in [7, 11) is -4.08. The van der Waals surface area contributed by atoms with E-state index >= 15 is 0 Å². The molecule has 0 aliphatic carbocycles. The van der Waals surface area contributed by atoms with E-state index in [2.05, 4.69) is 5.32 Å². The maximum Gasteiger partial charge on any atom is 0.244 e. The zero-order valence-corrected chi connectivity index (χ0v) is 24.8. The highest BCUT2D eigenvalue weighted by atomic mass is 35.5. The van der Waals surface area contributed by atoms with E-state index in [1.807, 2.05) is 44.2 Å². The number of carbonyl (C=O) groups excluding carboxylic acids is 2.